The summed E-state index contributed by atoms with van der Waals surface area (Å²) in [4.78, 5) is 30.4. The molecule has 50 heavy (non-hydrogen) atoms. The van der Waals surface area contributed by atoms with Crippen LogP contribution in [0.5, 0.6) is 0 Å². The third kappa shape index (κ3) is 36.6. The maximum atomic E-state index is 12.6. The third-order valence-corrected chi connectivity index (χ3v) is 10.4. The Bertz CT molecular complexity index is 610. The molecule has 0 aromatic heterocycles. The summed E-state index contributed by atoms with van der Waals surface area (Å²) in [5.74, 6) is 0.0119. The Morgan fingerprint density at radius 2 is 0.540 bits per heavy atom. The first-order chi connectivity index (χ1) is 24.6. The summed E-state index contributed by atoms with van der Waals surface area (Å²) in [5.41, 5.74) is 0. The molecule has 0 rings (SSSR count). The highest BCUT2D eigenvalue weighted by Gasteiger charge is 2.10. The van der Waals surface area contributed by atoms with Crippen molar-refractivity contribution in [2.24, 2.45) is 0 Å². The fourth-order valence-corrected chi connectivity index (χ4v) is 6.95. The molecule has 2 amide bonds. The molecule has 0 fully saturated rings. The van der Waals surface area contributed by atoms with E-state index in [9.17, 15) is 9.59 Å². The molecule has 2 N–H and O–H groups in total. The van der Waals surface area contributed by atoms with E-state index in [2.05, 4.69) is 48.1 Å². The second kappa shape index (κ2) is 40.6. The van der Waals surface area contributed by atoms with Crippen molar-refractivity contribution in [1.82, 2.24) is 20.4 Å². The molecule has 0 atom stereocenters. The fraction of sp³-hybridized carbons (Fsp3) is 0.955. The van der Waals surface area contributed by atoms with E-state index in [0.29, 0.717) is 13.1 Å². The highest BCUT2D eigenvalue weighted by Crippen LogP contribution is 2.12. The Labute approximate surface area is 313 Å². The van der Waals surface area contributed by atoms with Crippen molar-refractivity contribution in [3.05, 3.63) is 0 Å². The zero-order valence-corrected chi connectivity index (χ0v) is 34.6. The van der Waals surface area contributed by atoms with Gasteiger partial charge in [-0.3, -0.25) is 9.59 Å². The van der Waals surface area contributed by atoms with Crippen molar-refractivity contribution in [3.8, 4) is 0 Å². The molecule has 0 aliphatic heterocycles. The summed E-state index contributed by atoms with van der Waals surface area (Å²) in [6.45, 7) is 16.8. The molecule has 0 heterocycles. The van der Waals surface area contributed by atoms with Crippen molar-refractivity contribution < 1.29 is 9.59 Å². The van der Waals surface area contributed by atoms with E-state index in [-0.39, 0.29) is 24.7 Å². The lowest BCUT2D eigenvalue weighted by molar-refractivity contribution is -0.126. The molecule has 0 saturated heterocycles. The normalized spacial score (nSPS) is 11.6. The van der Waals surface area contributed by atoms with Gasteiger partial charge in [0.05, 0.1) is 0 Å². The van der Waals surface area contributed by atoms with Gasteiger partial charge in [0.15, 0.2) is 0 Å². The maximum Gasteiger partial charge on any atom is 0.220 e. The summed E-state index contributed by atoms with van der Waals surface area (Å²) in [7, 11) is 0. The van der Waals surface area contributed by atoms with E-state index in [1.165, 1.54) is 180 Å². The number of amides is 2. The van der Waals surface area contributed by atoms with Crippen molar-refractivity contribution in [1.29, 1.82) is 0 Å². The average molecular weight is 707 g/mol. The number of rotatable bonds is 41. The lowest BCUT2D eigenvalue weighted by Crippen LogP contribution is -2.37. The fourth-order valence-electron chi connectivity index (χ4n) is 6.95. The molecule has 6 heteroatoms. The minimum absolute atomic E-state index is 0.00597. The summed E-state index contributed by atoms with van der Waals surface area (Å²) >= 11 is 0. The van der Waals surface area contributed by atoms with E-state index in [4.69, 9.17) is 0 Å². The van der Waals surface area contributed by atoms with Crippen LogP contribution in [0, 0.1) is 0 Å². The Hall–Kier alpha value is -1.14. The molecule has 0 aromatic carbocycles. The van der Waals surface area contributed by atoms with Gasteiger partial charge >= 0.3 is 0 Å². The number of carbonyl (C=O) groups is 2. The SMILES string of the molecule is CCCCCCCCCN(CCCCCCCCC)CCNC(=O)CCC(=O)NCCN(CCCCCCCCC)CCCCCCCCC. The van der Waals surface area contributed by atoms with Gasteiger partial charge in [0.2, 0.25) is 11.8 Å². The molecule has 0 aromatic rings. The molecule has 6 nitrogen and oxygen atoms in total. The number of unbranched alkanes of at least 4 members (excludes halogenated alkanes) is 24. The molecule has 0 unspecified atom stereocenters. The number of nitrogens with zero attached hydrogens (tertiary/aromatic N) is 2. The van der Waals surface area contributed by atoms with E-state index in [0.717, 1.165) is 39.3 Å². The second-order valence-corrected chi connectivity index (χ2v) is 15.4. The zero-order valence-electron chi connectivity index (χ0n) is 34.6. The lowest BCUT2D eigenvalue weighted by Gasteiger charge is -2.23. The summed E-state index contributed by atoms with van der Waals surface area (Å²) in [6.07, 6.45) is 37.9. The van der Waals surface area contributed by atoms with Gasteiger partial charge < -0.3 is 20.4 Å². The predicted molar refractivity (Wildman–Crippen MR) is 220 cm³/mol. The summed E-state index contributed by atoms with van der Waals surface area (Å²) in [5, 5.41) is 6.23. The molecule has 298 valence electrons. The van der Waals surface area contributed by atoms with Crippen LogP contribution in [-0.4, -0.2) is 74.0 Å². The van der Waals surface area contributed by atoms with Gasteiger partial charge in [0.1, 0.15) is 0 Å². The predicted octanol–water partition coefficient (Wildman–Crippen LogP) is 11.6. The third-order valence-electron chi connectivity index (χ3n) is 10.4. The Morgan fingerprint density at radius 1 is 0.320 bits per heavy atom. The monoisotopic (exact) mass is 707 g/mol. The smallest absolute Gasteiger partial charge is 0.220 e. The first-order valence-electron chi connectivity index (χ1n) is 22.5. The largest absolute Gasteiger partial charge is 0.355 e. The molecule has 0 saturated carbocycles. The number of hydrogen-bond donors (Lipinski definition) is 2. The van der Waals surface area contributed by atoms with Gasteiger partial charge in [0.25, 0.3) is 0 Å². The first kappa shape index (κ1) is 48.9. The highest BCUT2D eigenvalue weighted by atomic mass is 16.2. The lowest BCUT2D eigenvalue weighted by atomic mass is 10.1. The molecule has 0 aliphatic carbocycles. The van der Waals surface area contributed by atoms with E-state index >= 15 is 0 Å². The van der Waals surface area contributed by atoms with E-state index < -0.39 is 0 Å². The molecule has 0 bridgehead atoms. The van der Waals surface area contributed by atoms with Crippen molar-refractivity contribution in [2.75, 3.05) is 52.4 Å². The van der Waals surface area contributed by atoms with Crippen LogP contribution in [0.3, 0.4) is 0 Å². The Balaban J connectivity index is 4.39. The van der Waals surface area contributed by atoms with Crippen LogP contribution >= 0.6 is 0 Å². The highest BCUT2D eigenvalue weighted by molar-refractivity contribution is 5.83. The summed E-state index contributed by atoms with van der Waals surface area (Å²) < 4.78 is 0. The van der Waals surface area contributed by atoms with Crippen molar-refractivity contribution >= 4 is 11.8 Å². The molecule has 0 aliphatic rings. The quantitative estimate of drug-likeness (QED) is 0.0621. The van der Waals surface area contributed by atoms with Crippen LogP contribution in [0.2, 0.25) is 0 Å². The van der Waals surface area contributed by atoms with Crippen LogP contribution in [0.25, 0.3) is 0 Å². The summed E-state index contributed by atoms with van der Waals surface area (Å²) in [6, 6.07) is 0. The van der Waals surface area contributed by atoms with Crippen LogP contribution in [0.15, 0.2) is 0 Å². The molecular formula is C44H90N4O2. The Kier molecular flexibility index (Phi) is 39.7. The van der Waals surface area contributed by atoms with Gasteiger partial charge in [-0.05, 0) is 51.9 Å². The Morgan fingerprint density at radius 3 is 0.780 bits per heavy atom. The standard InChI is InChI=1S/C44H90N4O2/c1-5-9-13-17-21-25-29-37-47(38-30-26-22-18-14-10-6-2)41-35-45-43(49)33-34-44(50)46-36-42-48(39-31-27-23-19-15-11-7-3)40-32-28-24-20-16-12-8-4/h5-42H2,1-4H3,(H,45,49)(H,46,50). The molecule has 0 spiro atoms. The molecular weight excluding hydrogens is 617 g/mol. The molecule has 0 radical (unpaired) electrons. The van der Waals surface area contributed by atoms with Gasteiger partial charge in [-0.2, -0.15) is 0 Å². The van der Waals surface area contributed by atoms with Crippen LogP contribution in [0.4, 0.5) is 0 Å². The number of nitrogens with one attached hydrogen (secondary N) is 2. The van der Waals surface area contributed by atoms with Gasteiger partial charge in [-0.15, -0.1) is 0 Å². The van der Waals surface area contributed by atoms with Crippen LogP contribution < -0.4 is 10.6 Å². The zero-order chi connectivity index (χ0) is 36.6. The topological polar surface area (TPSA) is 64.7 Å². The number of carbonyl (C=O) groups excluding carboxylic acids is 2. The maximum absolute atomic E-state index is 12.6. The first-order valence-corrected chi connectivity index (χ1v) is 22.5. The van der Waals surface area contributed by atoms with Gasteiger partial charge in [-0.25, -0.2) is 0 Å². The number of hydrogen-bond acceptors (Lipinski definition) is 4. The minimum atomic E-state index is 0.00597. The van der Waals surface area contributed by atoms with E-state index in [1.54, 1.807) is 0 Å². The van der Waals surface area contributed by atoms with Crippen molar-refractivity contribution in [3.63, 3.8) is 0 Å². The average Bonchev–Trinajstić information content (AvgIpc) is 3.11. The van der Waals surface area contributed by atoms with Gasteiger partial charge in [-0.1, -0.05) is 182 Å². The van der Waals surface area contributed by atoms with Gasteiger partial charge in [0, 0.05) is 39.0 Å². The van der Waals surface area contributed by atoms with E-state index in [1.807, 2.05) is 0 Å². The van der Waals surface area contributed by atoms with Crippen LogP contribution in [0.1, 0.15) is 220 Å². The van der Waals surface area contributed by atoms with Crippen molar-refractivity contribution in [2.45, 2.75) is 220 Å². The van der Waals surface area contributed by atoms with Crippen LogP contribution in [-0.2, 0) is 9.59 Å². The minimum Gasteiger partial charge on any atom is -0.355 e. The second-order valence-electron chi connectivity index (χ2n) is 15.4.